The van der Waals surface area contributed by atoms with Gasteiger partial charge in [-0.25, -0.2) is 0 Å². The maximum absolute atomic E-state index is 9.70. The molecule has 0 heterocycles. The molecule has 2 aromatic rings. The van der Waals surface area contributed by atoms with Gasteiger partial charge in [0.05, 0.1) is 0 Å². The summed E-state index contributed by atoms with van der Waals surface area (Å²) in [5, 5.41) is 12.5. The molecule has 0 unspecified atom stereocenters. The standard InChI is InChI=1S/C13H10O.C2H7N/c14-13-7-3-6-11-10-5-2-1-4-9(10)8-12(11)13;1-3-2/h1-7,14H,8H2;3H,1-2H3. The molecule has 0 bridgehead atoms. The van der Waals surface area contributed by atoms with E-state index in [0.717, 1.165) is 12.0 Å². The third-order valence-electron chi connectivity index (χ3n) is 2.83. The average molecular weight is 227 g/mol. The van der Waals surface area contributed by atoms with Crippen LogP contribution < -0.4 is 5.32 Å². The lowest BCUT2D eigenvalue weighted by molar-refractivity contribution is 0.470. The first-order valence-electron chi connectivity index (χ1n) is 5.75. The zero-order valence-electron chi connectivity index (χ0n) is 10.2. The first-order chi connectivity index (χ1) is 8.27. The van der Waals surface area contributed by atoms with Crippen LogP contribution in [0.2, 0.25) is 0 Å². The Morgan fingerprint density at radius 3 is 2.35 bits per heavy atom. The van der Waals surface area contributed by atoms with E-state index in [9.17, 15) is 5.11 Å². The molecule has 0 aromatic heterocycles. The zero-order chi connectivity index (χ0) is 12.3. The van der Waals surface area contributed by atoms with Crippen LogP contribution >= 0.6 is 0 Å². The van der Waals surface area contributed by atoms with E-state index in [1.807, 2.05) is 32.3 Å². The number of hydrogen-bond donors (Lipinski definition) is 2. The van der Waals surface area contributed by atoms with Crippen molar-refractivity contribution in [3.05, 3.63) is 53.6 Å². The molecule has 17 heavy (non-hydrogen) atoms. The monoisotopic (exact) mass is 227 g/mol. The van der Waals surface area contributed by atoms with Crippen molar-refractivity contribution in [2.24, 2.45) is 0 Å². The molecule has 0 radical (unpaired) electrons. The highest BCUT2D eigenvalue weighted by molar-refractivity contribution is 5.78. The summed E-state index contributed by atoms with van der Waals surface area (Å²) in [5.74, 6) is 0.415. The normalized spacial score (nSPS) is 11.2. The van der Waals surface area contributed by atoms with Gasteiger partial charge in [-0.2, -0.15) is 0 Å². The minimum Gasteiger partial charge on any atom is -0.508 e. The van der Waals surface area contributed by atoms with Gasteiger partial charge in [0.15, 0.2) is 0 Å². The van der Waals surface area contributed by atoms with Crippen LogP contribution in [-0.4, -0.2) is 19.2 Å². The van der Waals surface area contributed by atoms with Crippen LogP contribution in [-0.2, 0) is 6.42 Å². The third kappa shape index (κ3) is 2.17. The fourth-order valence-corrected chi connectivity index (χ4v) is 2.14. The molecule has 2 nitrogen and oxygen atoms in total. The van der Waals surface area contributed by atoms with E-state index in [-0.39, 0.29) is 0 Å². The number of nitrogens with one attached hydrogen (secondary N) is 1. The topological polar surface area (TPSA) is 32.3 Å². The number of hydrogen-bond acceptors (Lipinski definition) is 2. The Balaban J connectivity index is 0.000000329. The molecule has 3 rings (SSSR count). The van der Waals surface area contributed by atoms with Crippen molar-refractivity contribution in [1.82, 2.24) is 5.32 Å². The second-order valence-corrected chi connectivity index (χ2v) is 4.14. The molecule has 0 spiro atoms. The van der Waals surface area contributed by atoms with Crippen molar-refractivity contribution in [3.8, 4) is 16.9 Å². The number of benzene rings is 2. The van der Waals surface area contributed by atoms with Crippen LogP contribution in [0.15, 0.2) is 42.5 Å². The van der Waals surface area contributed by atoms with E-state index in [0.29, 0.717) is 5.75 Å². The lowest BCUT2D eigenvalue weighted by Gasteiger charge is -2.01. The van der Waals surface area contributed by atoms with E-state index < -0.39 is 0 Å². The first-order valence-corrected chi connectivity index (χ1v) is 5.75. The van der Waals surface area contributed by atoms with Gasteiger partial charge in [-0.3, -0.25) is 0 Å². The molecule has 1 aliphatic carbocycles. The van der Waals surface area contributed by atoms with Gasteiger partial charge >= 0.3 is 0 Å². The van der Waals surface area contributed by atoms with Crippen molar-refractivity contribution in [2.45, 2.75) is 6.42 Å². The maximum Gasteiger partial charge on any atom is 0.119 e. The summed E-state index contributed by atoms with van der Waals surface area (Å²) in [4.78, 5) is 0. The Morgan fingerprint density at radius 2 is 1.59 bits per heavy atom. The fourth-order valence-electron chi connectivity index (χ4n) is 2.14. The zero-order valence-corrected chi connectivity index (χ0v) is 10.2. The van der Waals surface area contributed by atoms with Gasteiger partial charge in [-0.1, -0.05) is 36.4 Å². The Labute approximate surface area is 102 Å². The van der Waals surface area contributed by atoms with Crippen LogP contribution in [0.4, 0.5) is 0 Å². The molecule has 88 valence electrons. The molecule has 2 N–H and O–H groups in total. The van der Waals surface area contributed by atoms with Gasteiger partial charge in [0.25, 0.3) is 0 Å². The van der Waals surface area contributed by atoms with Gasteiger partial charge in [0, 0.05) is 12.0 Å². The second kappa shape index (κ2) is 5.02. The molecule has 0 aliphatic heterocycles. The summed E-state index contributed by atoms with van der Waals surface area (Å²) in [7, 11) is 3.75. The predicted octanol–water partition coefficient (Wildman–Crippen LogP) is 2.80. The van der Waals surface area contributed by atoms with Crippen LogP contribution in [0.25, 0.3) is 11.1 Å². The number of aromatic hydroxyl groups is 1. The summed E-state index contributed by atoms with van der Waals surface area (Å²) in [5.41, 5.74) is 4.82. The fraction of sp³-hybridized carbons (Fsp3) is 0.200. The largest absolute Gasteiger partial charge is 0.508 e. The third-order valence-corrected chi connectivity index (χ3v) is 2.83. The number of phenols is 1. The minimum absolute atomic E-state index is 0.415. The molecule has 0 saturated heterocycles. The Bertz CT molecular complexity index is 520. The van der Waals surface area contributed by atoms with Crippen molar-refractivity contribution in [1.29, 1.82) is 0 Å². The van der Waals surface area contributed by atoms with Gasteiger partial charge in [-0.15, -0.1) is 0 Å². The molecule has 0 amide bonds. The summed E-state index contributed by atoms with van der Waals surface area (Å²) < 4.78 is 0. The molecule has 0 fully saturated rings. The highest BCUT2D eigenvalue weighted by atomic mass is 16.3. The van der Waals surface area contributed by atoms with Gasteiger partial charge in [-0.05, 0) is 36.9 Å². The molecular formula is C15H17NO. The van der Waals surface area contributed by atoms with Crippen molar-refractivity contribution in [2.75, 3.05) is 14.1 Å². The lowest BCUT2D eigenvalue weighted by atomic mass is 10.1. The maximum atomic E-state index is 9.70. The Kier molecular flexibility index (Phi) is 3.45. The molecule has 2 heteroatoms. The molecule has 0 atom stereocenters. The molecule has 2 aromatic carbocycles. The van der Waals surface area contributed by atoms with E-state index in [1.54, 1.807) is 6.07 Å². The van der Waals surface area contributed by atoms with Gasteiger partial charge in [0.1, 0.15) is 5.75 Å². The summed E-state index contributed by atoms with van der Waals surface area (Å²) >= 11 is 0. The van der Waals surface area contributed by atoms with E-state index in [2.05, 4.69) is 23.5 Å². The summed E-state index contributed by atoms with van der Waals surface area (Å²) in [6.07, 6.45) is 0.859. The number of fused-ring (bicyclic) bond motifs is 3. The highest BCUT2D eigenvalue weighted by Crippen LogP contribution is 2.40. The van der Waals surface area contributed by atoms with Crippen LogP contribution in [0, 0.1) is 0 Å². The lowest BCUT2D eigenvalue weighted by Crippen LogP contribution is -1.89. The van der Waals surface area contributed by atoms with Crippen molar-refractivity contribution >= 4 is 0 Å². The van der Waals surface area contributed by atoms with Crippen LogP contribution in [0.3, 0.4) is 0 Å². The van der Waals surface area contributed by atoms with Crippen LogP contribution in [0.5, 0.6) is 5.75 Å². The molecule has 0 saturated carbocycles. The summed E-state index contributed by atoms with van der Waals surface area (Å²) in [6.45, 7) is 0. The average Bonchev–Trinajstić information content (AvgIpc) is 2.71. The van der Waals surface area contributed by atoms with E-state index in [4.69, 9.17) is 0 Å². The van der Waals surface area contributed by atoms with E-state index >= 15 is 0 Å². The first kappa shape index (κ1) is 11.7. The van der Waals surface area contributed by atoms with Crippen molar-refractivity contribution < 1.29 is 5.11 Å². The minimum atomic E-state index is 0.415. The number of rotatable bonds is 0. The smallest absolute Gasteiger partial charge is 0.119 e. The predicted molar refractivity (Wildman–Crippen MR) is 71.3 cm³/mol. The van der Waals surface area contributed by atoms with Gasteiger partial charge in [0.2, 0.25) is 0 Å². The molecule has 1 aliphatic rings. The SMILES string of the molecule is CNC.Oc1cccc2c1Cc1ccccc1-2. The summed E-state index contributed by atoms with van der Waals surface area (Å²) in [6, 6.07) is 14.0. The molecular weight excluding hydrogens is 210 g/mol. The van der Waals surface area contributed by atoms with Crippen LogP contribution in [0.1, 0.15) is 11.1 Å². The second-order valence-electron chi connectivity index (χ2n) is 4.14. The Hall–Kier alpha value is -1.80. The van der Waals surface area contributed by atoms with E-state index in [1.165, 1.54) is 16.7 Å². The Morgan fingerprint density at radius 1 is 0.941 bits per heavy atom. The van der Waals surface area contributed by atoms with Gasteiger partial charge < -0.3 is 10.4 Å². The quantitative estimate of drug-likeness (QED) is 0.619. The number of phenolic OH excluding ortho intramolecular Hbond substituents is 1. The highest BCUT2D eigenvalue weighted by Gasteiger charge is 2.19. The van der Waals surface area contributed by atoms with Crippen molar-refractivity contribution in [3.63, 3.8) is 0 Å².